The predicted octanol–water partition coefficient (Wildman–Crippen LogP) is 2.94. The Bertz CT molecular complexity index is 828. The van der Waals surface area contributed by atoms with E-state index in [4.69, 9.17) is 4.42 Å². The van der Waals surface area contributed by atoms with Crippen molar-refractivity contribution in [1.82, 2.24) is 15.5 Å². The molecule has 2 aromatic rings. The van der Waals surface area contributed by atoms with E-state index < -0.39 is 11.8 Å². The number of carbonyl (C=O) groups excluding carboxylic acids is 2. The minimum Gasteiger partial charge on any atom is -0.468 e. The summed E-state index contributed by atoms with van der Waals surface area (Å²) in [5.41, 5.74) is 2.68. The second-order valence-electron chi connectivity index (χ2n) is 8.04. The first kappa shape index (κ1) is 19.7. The molecular weight excluding hydrogens is 366 g/mol. The van der Waals surface area contributed by atoms with Crippen molar-refractivity contribution in [3.63, 3.8) is 0 Å². The lowest BCUT2D eigenvalue weighted by Crippen LogP contribution is -2.47. The van der Waals surface area contributed by atoms with Gasteiger partial charge in [-0.25, -0.2) is 0 Å². The smallest absolute Gasteiger partial charge is 0.309 e. The molecule has 2 heterocycles. The average molecular weight is 396 g/mol. The summed E-state index contributed by atoms with van der Waals surface area (Å²) >= 11 is 0. The third-order valence-corrected chi connectivity index (χ3v) is 6.08. The molecule has 1 aromatic carbocycles. The number of rotatable bonds is 5. The van der Waals surface area contributed by atoms with Crippen molar-refractivity contribution in [1.29, 1.82) is 0 Å². The molecule has 0 unspecified atom stereocenters. The van der Waals surface area contributed by atoms with Crippen molar-refractivity contribution in [3.8, 4) is 0 Å². The van der Waals surface area contributed by atoms with Crippen LogP contribution >= 0.6 is 0 Å². The summed E-state index contributed by atoms with van der Waals surface area (Å²) in [5, 5.41) is 5.71. The van der Waals surface area contributed by atoms with E-state index in [1.165, 1.54) is 17.5 Å². The first-order valence-electron chi connectivity index (χ1n) is 10.6. The summed E-state index contributed by atoms with van der Waals surface area (Å²) in [6.45, 7) is 2.02. The summed E-state index contributed by atoms with van der Waals surface area (Å²) in [5.74, 6) is -0.291. The number of hydrogen-bond acceptors (Lipinski definition) is 4. The molecule has 1 aromatic heterocycles. The highest BCUT2D eigenvalue weighted by Gasteiger charge is 2.28. The van der Waals surface area contributed by atoms with Gasteiger partial charge in [-0.05, 0) is 42.5 Å². The highest BCUT2D eigenvalue weighted by Crippen LogP contribution is 2.28. The largest absolute Gasteiger partial charge is 0.468 e. The van der Waals surface area contributed by atoms with E-state index >= 15 is 0 Å². The van der Waals surface area contributed by atoms with Crippen LogP contribution in [0.1, 0.15) is 55.0 Å². The van der Waals surface area contributed by atoms with E-state index in [0.29, 0.717) is 6.54 Å². The van der Waals surface area contributed by atoms with E-state index in [-0.39, 0.29) is 12.1 Å². The Labute approximate surface area is 171 Å². The topological polar surface area (TPSA) is 74.6 Å². The molecule has 0 bridgehead atoms. The van der Waals surface area contributed by atoms with Crippen LogP contribution in [0, 0.1) is 0 Å². The normalized spacial score (nSPS) is 18.6. The molecular formula is C23H29N3O3. The summed E-state index contributed by atoms with van der Waals surface area (Å²) < 4.78 is 5.66. The molecule has 2 aliphatic rings. The third kappa shape index (κ3) is 4.88. The Morgan fingerprint density at radius 3 is 2.59 bits per heavy atom. The van der Waals surface area contributed by atoms with Crippen molar-refractivity contribution < 1.29 is 14.0 Å². The van der Waals surface area contributed by atoms with E-state index in [1.54, 1.807) is 6.26 Å². The van der Waals surface area contributed by atoms with Crippen LogP contribution < -0.4 is 10.6 Å². The molecule has 0 saturated heterocycles. The number of benzene rings is 1. The maximum Gasteiger partial charge on any atom is 0.309 e. The monoisotopic (exact) mass is 395 g/mol. The van der Waals surface area contributed by atoms with Crippen LogP contribution in [0.3, 0.4) is 0 Å². The van der Waals surface area contributed by atoms with Gasteiger partial charge in [0.15, 0.2) is 0 Å². The van der Waals surface area contributed by atoms with E-state index in [2.05, 4.69) is 39.8 Å². The standard InChI is InChI=1S/C23H29N3O3/c27-22(23(28)25-19-9-2-1-3-10-19)24-15-20(21-11-6-14-29-21)26-13-12-17-7-4-5-8-18(17)16-26/h4-8,11,14,19-20H,1-3,9-10,12-13,15-16H2,(H,24,27)(H,25,28)/t20-/m1/s1. The molecule has 1 aliphatic heterocycles. The van der Waals surface area contributed by atoms with Crippen molar-refractivity contribution >= 4 is 11.8 Å². The lowest BCUT2D eigenvalue weighted by molar-refractivity contribution is -0.139. The van der Waals surface area contributed by atoms with Crippen LogP contribution in [-0.4, -0.2) is 35.8 Å². The minimum absolute atomic E-state index is 0.107. The van der Waals surface area contributed by atoms with Gasteiger partial charge in [0, 0.05) is 25.7 Å². The van der Waals surface area contributed by atoms with Crippen molar-refractivity contribution in [3.05, 3.63) is 59.5 Å². The zero-order chi connectivity index (χ0) is 20.1. The van der Waals surface area contributed by atoms with Crippen LogP contribution in [0.25, 0.3) is 0 Å². The zero-order valence-electron chi connectivity index (χ0n) is 16.7. The second-order valence-corrected chi connectivity index (χ2v) is 8.04. The summed E-state index contributed by atoms with van der Waals surface area (Å²) in [6, 6.07) is 12.3. The molecule has 1 fully saturated rings. The summed E-state index contributed by atoms with van der Waals surface area (Å²) in [7, 11) is 0. The Morgan fingerprint density at radius 2 is 1.83 bits per heavy atom. The predicted molar refractivity (Wildman–Crippen MR) is 110 cm³/mol. The molecule has 6 heteroatoms. The van der Waals surface area contributed by atoms with Crippen molar-refractivity contribution in [2.45, 2.75) is 57.2 Å². The van der Waals surface area contributed by atoms with Crippen LogP contribution in [-0.2, 0) is 22.6 Å². The van der Waals surface area contributed by atoms with Gasteiger partial charge >= 0.3 is 11.8 Å². The zero-order valence-corrected chi connectivity index (χ0v) is 16.7. The van der Waals surface area contributed by atoms with E-state index in [0.717, 1.165) is 51.0 Å². The molecule has 2 N–H and O–H groups in total. The summed E-state index contributed by atoms with van der Waals surface area (Å²) in [4.78, 5) is 27.0. The van der Waals surface area contributed by atoms with Gasteiger partial charge in [0.05, 0.1) is 12.3 Å². The minimum atomic E-state index is -0.565. The molecule has 0 spiro atoms. The molecule has 6 nitrogen and oxygen atoms in total. The first-order valence-corrected chi connectivity index (χ1v) is 10.6. The molecule has 0 radical (unpaired) electrons. The SMILES string of the molecule is O=C(NC[C@H](c1ccco1)N1CCc2ccccc2C1)C(=O)NC1CCCCC1. The van der Waals surface area contributed by atoms with Gasteiger partial charge in [-0.15, -0.1) is 0 Å². The van der Waals surface area contributed by atoms with Crippen molar-refractivity contribution in [2.75, 3.05) is 13.1 Å². The third-order valence-electron chi connectivity index (χ3n) is 6.08. The van der Waals surface area contributed by atoms with Gasteiger partial charge in [-0.2, -0.15) is 0 Å². The fraction of sp³-hybridized carbons (Fsp3) is 0.478. The number of amides is 2. The Balaban J connectivity index is 1.38. The molecule has 4 rings (SSSR count). The molecule has 2 amide bonds. The highest BCUT2D eigenvalue weighted by molar-refractivity contribution is 6.35. The van der Waals surface area contributed by atoms with Gasteiger partial charge in [-0.1, -0.05) is 43.5 Å². The quantitative estimate of drug-likeness (QED) is 0.764. The van der Waals surface area contributed by atoms with Gasteiger partial charge in [0.1, 0.15) is 5.76 Å². The van der Waals surface area contributed by atoms with Crippen molar-refractivity contribution in [2.24, 2.45) is 0 Å². The van der Waals surface area contributed by atoms with E-state index in [1.807, 2.05) is 12.1 Å². The molecule has 29 heavy (non-hydrogen) atoms. The lowest BCUT2D eigenvalue weighted by atomic mass is 9.95. The van der Waals surface area contributed by atoms with Gasteiger partial charge < -0.3 is 15.1 Å². The summed E-state index contributed by atoms with van der Waals surface area (Å²) in [6.07, 6.45) is 7.97. The number of nitrogens with zero attached hydrogens (tertiary/aromatic N) is 1. The maximum absolute atomic E-state index is 12.4. The maximum atomic E-state index is 12.4. The number of carbonyl (C=O) groups is 2. The highest BCUT2D eigenvalue weighted by atomic mass is 16.3. The number of nitrogens with one attached hydrogen (secondary N) is 2. The van der Waals surface area contributed by atoms with Gasteiger partial charge in [0.25, 0.3) is 0 Å². The second kappa shape index (κ2) is 9.27. The lowest BCUT2D eigenvalue weighted by Gasteiger charge is -2.34. The van der Waals surface area contributed by atoms with E-state index in [9.17, 15) is 9.59 Å². The van der Waals surface area contributed by atoms with Crippen LogP contribution in [0.5, 0.6) is 0 Å². The van der Waals surface area contributed by atoms with Crippen LogP contribution in [0.2, 0.25) is 0 Å². The Hall–Kier alpha value is -2.60. The molecule has 1 atom stereocenters. The number of furan rings is 1. The Kier molecular flexibility index (Phi) is 6.30. The number of fused-ring (bicyclic) bond motifs is 1. The van der Waals surface area contributed by atoms with Crippen LogP contribution in [0.15, 0.2) is 47.1 Å². The van der Waals surface area contributed by atoms with Crippen LogP contribution in [0.4, 0.5) is 0 Å². The molecule has 1 aliphatic carbocycles. The molecule has 154 valence electrons. The number of hydrogen-bond donors (Lipinski definition) is 2. The van der Waals surface area contributed by atoms with Gasteiger partial charge in [0.2, 0.25) is 0 Å². The average Bonchev–Trinajstić information content (AvgIpc) is 3.29. The fourth-order valence-electron chi connectivity index (χ4n) is 4.44. The molecule has 1 saturated carbocycles. The Morgan fingerprint density at radius 1 is 1.03 bits per heavy atom. The first-order chi connectivity index (χ1) is 14.2. The van der Waals surface area contributed by atoms with Gasteiger partial charge in [-0.3, -0.25) is 14.5 Å². The fourth-order valence-corrected chi connectivity index (χ4v) is 4.44.